The van der Waals surface area contributed by atoms with Gasteiger partial charge < -0.3 is 19.3 Å². The van der Waals surface area contributed by atoms with E-state index in [1.807, 2.05) is 36.5 Å². The number of piperazine rings is 1. The first-order chi connectivity index (χ1) is 14.4. The van der Waals surface area contributed by atoms with Gasteiger partial charge in [0.25, 0.3) is 0 Å². The summed E-state index contributed by atoms with van der Waals surface area (Å²) in [6.45, 7) is 18.2. The fourth-order valence-electron chi connectivity index (χ4n) is 3.77. The third kappa shape index (κ3) is 6.23. The summed E-state index contributed by atoms with van der Waals surface area (Å²) >= 11 is 0. The topological polar surface area (TPSA) is 59.8 Å². The number of hydrogen-bond acceptors (Lipinski definition) is 5. The summed E-state index contributed by atoms with van der Waals surface area (Å²) in [4.78, 5) is 16.7. The van der Waals surface area contributed by atoms with Crippen LogP contribution in [0.5, 0.6) is 0 Å². The lowest BCUT2D eigenvalue weighted by Gasteiger charge is -2.41. The van der Waals surface area contributed by atoms with Crippen molar-refractivity contribution in [2.75, 3.05) is 31.1 Å². The highest BCUT2D eigenvalue weighted by Crippen LogP contribution is 2.29. The van der Waals surface area contributed by atoms with E-state index in [1.54, 1.807) is 0 Å². The minimum atomic E-state index is -1.11. The van der Waals surface area contributed by atoms with Crippen LogP contribution in [0.15, 0.2) is 24.4 Å². The Balaban J connectivity index is 1.72. The average molecular weight is 447 g/mol. The van der Waals surface area contributed by atoms with Crippen molar-refractivity contribution in [1.82, 2.24) is 14.7 Å². The lowest BCUT2D eigenvalue weighted by Crippen LogP contribution is -2.55. The van der Waals surface area contributed by atoms with Crippen molar-refractivity contribution in [3.05, 3.63) is 24.4 Å². The van der Waals surface area contributed by atoms with Gasteiger partial charge in [-0.2, -0.15) is 5.10 Å². The molecule has 2 heterocycles. The predicted molar refractivity (Wildman–Crippen MR) is 128 cm³/mol. The minimum Gasteiger partial charge on any atom is -0.444 e. The highest BCUT2D eigenvalue weighted by Gasteiger charge is 2.31. The van der Waals surface area contributed by atoms with Crippen LogP contribution in [0.25, 0.3) is 10.9 Å². The van der Waals surface area contributed by atoms with Gasteiger partial charge in [-0.05, 0) is 39.8 Å². The van der Waals surface area contributed by atoms with Gasteiger partial charge in [0.1, 0.15) is 12.3 Å². The Morgan fingerprint density at radius 3 is 2.61 bits per heavy atom. The second kappa shape index (κ2) is 9.20. The molecule has 0 aliphatic carbocycles. The average Bonchev–Trinajstić information content (AvgIpc) is 3.06. The Bertz CT molecular complexity index is 900. The van der Waals surface area contributed by atoms with Crippen LogP contribution < -0.4 is 4.90 Å². The maximum Gasteiger partial charge on any atom is 0.410 e. The van der Waals surface area contributed by atoms with Crippen molar-refractivity contribution < 1.29 is 14.3 Å². The van der Waals surface area contributed by atoms with Crippen molar-refractivity contribution in [3.63, 3.8) is 0 Å². The number of aromatic nitrogens is 2. The van der Waals surface area contributed by atoms with E-state index >= 15 is 0 Å². The molecule has 1 atom stereocenters. The maximum absolute atomic E-state index is 12.6. The smallest absolute Gasteiger partial charge is 0.410 e. The number of benzene rings is 1. The monoisotopic (exact) mass is 446 g/mol. The quantitative estimate of drug-likeness (QED) is 0.471. The molecule has 7 nitrogen and oxygen atoms in total. The first-order valence-electron chi connectivity index (χ1n) is 11.2. The van der Waals surface area contributed by atoms with Gasteiger partial charge in [0, 0.05) is 45.7 Å². The number of amides is 1. The summed E-state index contributed by atoms with van der Waals surface area (Å²) in [5, 5.41) is 5.68. The van der Waals surface area contributed by atoms with Crippen molar-refractivity contribution in [1.29, 1.82) is 0 Å². The molecule has 1 saturated heterocycles. The van der Waals surface area contributed by atoms with Gasteiger partial charge in [-0.25, -0.2) is 9.48 Å². The van der Waals surface area contributed by atoms with E-state index in [0.29, 0.717) is 13.3 Å². The molecular formula is C23H38N4O3Si. The molecule has 1 amide bonds. The number of fused-ring (bicyclic) bond motifs is 1. The fraction of sp³-hybridized carbons (Fsp3) is 0.652. The zero-order valence-electron chi connectivity index (χ0n) is 20.1. The van der Waals surface area contributed by atoms with Crippen LogP contribution in [0.3, 0.4) is 0 Å². The molecule has 8 heteroatoms. The van der Waals surface area contributed by atoms with Crippen LogP contribution in [-0.2, 0) is 16.2 Å². The van der Waals surface area contributed by atoms with Gasteiger partial charge in [-0.15, -0.1) is 0 Å². The van der Waals surface area contributed by atoms with Crippen molar-refractivity contribution in [3.8, 4) is 0 Å². The Morgan fingerprint density at radius 1 is 1.23 bits per heavy atom. The summed E-state index contributed by atoms with van der Waals surface area (Å²) in [6.07, 6.45) is 1.67. The molecule has 0 spiro atoms. The summed E-state index contributed by atoms with van der Waals surface area (Å²) in [7, 11) is -1.11. The number of ether oxygens (including phenoxy) is 2. The number of nitrogens with zero attached hydrogens (tertiary/aromatic N) is 4. The third-order valence-electron chi connectivity index (χ3n) is 5.45. The first kappa shape index (κ1) is 23.6. The normalized spacial score (nSPS) is 18.0. The maximum atomic E-state index is 12.6. The number of para-hydroxylation sites is 1. The zero-order chi connectivity index (χ0) is 22.8. The van der Waals surface area contributed by atoms with Crippen LogP contribution in [0, 0.1) is 0 Å². The summed E-state index contributed by atoms with van der Waals surface area (Å²) < 4.78 is 13.5. The van der Waals surface area contributed by atoms with Gasteiger partial charge >= 0.3 is 6.09 Å². The SMILES string of the molecule is C[C@H]1CN(c2cccc3cnn(COCC[Si](C)(C)C)c23)CCN1C(=O)OC(C)(C)C. The van der Waals surface area contributed by atoms with Crippen LogP contribution in [0.2, 0.25) is 25.7 Å². The molecule has 0 unspecified atom stereocenters. The van der Waals surface area contributed by atoms with Crippen LogP contribution in [0.4, 0.5) is 10.5 Å². The lowest BCUT2D eigenvalue weighted by molar-refractivity contribution is 0.0159. The van der Waals surface area contributed by atoms with Crippen molar-refractivity contribution in [2.45, 2.75) is 71.8 Å². The summed E-state index contributed by atoms with van der Waals surface area (Å²) in [6, 6.07) is 7.50. The molecule has 2 aromatic rings. The van der Waals surface area contributed by atoms with Gasteiger partial charge in [0.2, 0.25) is 0 Å². The van der Waals surface area contributed by atoms with E-state index in [9.17, 15) is 4.79 Å². The van der Waals surface area contributed by atoms with Crippen LogP contribution >= 0.6 is 0 Å². The van der Waals surface area contributed by atoms with Gasteiger partial charge in [-0.1, -0.05) is 31.8 Å². The van der Waals surface area contributed by atoms with E-state index in [2.05, 4.69) is 54.8 Å². The molecule has 1 aromatic heterocycles. The van der Waals surface area contributed by atoms with E-state index in [1.165, 1.54) is 0 Å². The summed E-state index contributed by atoms with van der Waals surface area (Å²) in [5.41, 5.74) is 1.74. The van der Waals surface area contributed by atoms with E-state index in [4.69, 9.17) is 9.47 Å². The number of carbonyl (C=O) groups is 1. The molecule has 172 valence electrons. The largest absolute Gasteiger partial charge is 0.444 e. The molecule has 1 aliphatic rings. The molecule has 0 bridgehead atoms. The zero-order valence-corrected chi connectivity index (χ0v) is 21.1. The highest BCUT2D eigenvalue weighted by molar-refractivity contribution is 6.76. The molecule has 0 N–H and O–H groups in total. The summed E-state index contributed by atoms with van der Waals surface area (Å²) in [5.74, 6) is 0. The second-order valence-electron chi connectivity index (χ2n) is 10.7. The number of rotatable bonds is 6. The van der Waals surface area contributed by atoms with Crippen molar-refractivity contribution in [2.24, 2.45) is 0 Å². The van der Waals surface area contributed by atoms with Gasteiger partial charge in [0.05, 0.1) is 17.4 Å². The third-order valence-corrected chi connectivity index (χ3v) is 7.15. The van der Waals surface area contributed by atoms with Crippen molar-refractivity contribution >= 4 is 30.8 Å². The fourth-order valence-corrected chi connectivity index (χ4v) is 4.53. The first-order valence-corrected chi connectivity index (χ1v) is 14.9. The molecule has 1 aromatic carbocycles. The lowest BCUT2D eigenvalue weighted by atomic mass is 10.1. The van der Waals surface area contributed by atoms with Crippen LogP contribution in [-0.4, -0.2) is 66.7 Å². The van der Waals surface area contributed by atoms with E-state index in [-0.39, 0.29) is 12.1 Å². The Labute approximate surface area is 187 Å². The molecular weight excluding hydrogens is 408 g/mol. The standard InChI is InChI=1S/C23H38N4O3Si/c1-18-16-25(11-12-26(18)22(28)30-23(2,3)4)20-10-8-9-19-15-24-27(21(19)20)17-29-13-14-31(5,6)7/h8-10,15,18H,11-14,16-17H2,1-7H3/t18-/m0/s1. The molecule has 31 heavy (non-hydrogen) atoms. The Morgan fingerprint density at radius 2 is 1.97 bits per heavy atom. The molecule has 3 rings (SSSR count). The molecule has 1 fully saturated rings. The predicted octanol–water partition coefficient (Wildman–Crippen LogP) is 4.79. The van der Waals surface area contributed by atoms with E-state index < -0.39 is 13.7 Å². The minimum absolute atomic E-state index is 0.0585. The molecule has 0 saturated carbocycles. The second-order valence-corrected chi connectivity index (χ2v) is 16.3. The Kier molecular flexibility index (Phi) is 7.00. The highest BCUT2D eigenvalue weighted by atomic mass is 28.3. The number of anilines is 1. The van der Waals surface area contributed by atoms with E-state index in [0.717, 1.165) is 42.3 Å². The number of carbonyl (C=O) groups excluding carboxylic acids is 1. The molecule has 1 aliphatic heterocycles. The van der Waals surface area contributed by atoms with Gasteiger partial charge in [0.15, 0.2) is 0 Å². The molecule has 0 radical (unpaired) electrons. The van der Waals surface area contributed by atoms with Gasteiger partial charge in [-0.3, -0.25) is 0 Å². The Hall–Kier alpha value is -2.06. The number of hydrogen-bond donors (Lipinski definition) is 0. The van der Waals surface area contributed by atoms with Crippen LogP contribution in [0.1, 0.15) is 27.7 Å².